The number of carboxylic acids is 1. The third-order valence-electron chi connectivity index (χ3n) is 3.22. The number of aryl methyl sites for hydroxylation is 1. The van der Waals surface area contributed by atoms with Crippen molar-refractivity contribution in [1.29, 1.82) is 0 Å². The standard InChI is InChI=1S/C16H18N2O5/c1-10-4-5-14(19)12(7-10)18-15(20)8-13(16(21)22)17-9-11-3-2-6-23-11/h2-7,13,17,19H,8-9H2,1H3,(H,18,20)(H,21,22). The molecule has 0 aliphatic heterocycles. The number of carbonyl (C=O) groups is 2. The molecule has 122 valence electrons. The summed E-state index contributed by atoms with van der Waals surface area (Å²) in [5.74, 6) is -1.14. The Morgan fingerprint density at radius 1 is 1.30 bits per heavy atom. The lowest BCUT2D eigenvalue weighted by molar-refractivity contribution is -0.141. The summed E-state index contributed by atoms with van der Waals surface area (Å²) in [5, 5.41) is 24.2. The number of carbonyl (C=O) groups excluding carboxylic acids is 1. The average Bonchev–Trinajstić information content (AvgIpc) is 3.00. The highest BCUT2D eigenvalue weighted by molar-refractivity contribution is 5.95. The monoisotopic (exact) mass is 318 g/mol. The molecule has 1 atom stereocenters. The Morgan fingerprint density at radius 3 is 2.74 bits per heavy atom. The van der Waals surface area contributed by atoms with Gasteiger partial charge in [-0.3, -0.25) is 14.9 Å². The van der Waals surface area contributed by atoms with Crippen LogP contribution in [-0.2, 0) is 16.1 Å². The lowest BCUT2D eigenvalue weighted by atomic mass is 10.1. The molecule has 1 aromatic carbocycles. The highest BCUT2D eigenvalue weighted by Crippen LogP contribution is 2.24. The SMILES string of the molecule is Cc1ccc(O)c(NC(=O)CC(NCc2ccco2)C(=O)O)c1. The lowest BCUT2D eigenvalue weighted by Crippen LogP contribution is -2.39. The van der Waals surface area contributed by atoms with Crippen LogP contribution in [0.3, 0.4) is 0 Å². The number of aliphatic carboxylic acids is 1. The van der Waals surface area contributed by atoms with Gasteiger partial charge in [0.2, 0.25) is 5.91 Å². The van der Waals surface area contributed by atoms with Crippen LogP contribution in [0.2, 0.25) is 0 Å². The second-order valence-electron chi connectivity index (χ2n) is 5.12. The van der Waals surface area contributed by atoms with Crippen LogP contribution >= 0.6 is 0 Å². The lowest BCUT2D eigenvalue weighted by Gasteiger charge is -2.14. The second-order valence-corrected chi connectivity index (χ2v) is 5.12. The van der Waals surface area contributed by atoms with Gasteiger partial charge in [0.15, 0.2) is 0 Å². The zero-order valence-electron chi connectivity index (χ0n) is 12.6. The number of carboxylic acid groups (broad SMARTS) is 1. The van der Waals surface area contributed by atoms with Crippen molar-refractivity contribution in [1.82, 2.24) is 5.32 Å². The fourth-order valence-electron chi connectivity index (χ4n) is 2.02. The van der Waals surface area contributed by atoms with Crippen LogP contribution in [-0.4, -0.2) is 28.1 Å². The minimum atomic E-state index is -1.14. The van der Waals surface area contributed by atoms with E-state index in [2.05, 4.69) is 10.6 Å². The van der Waals surface area contributed by atoms with Crippen molar-refractivity contribution in [2.24, 2.45) is 0 Å². The molecule has 0 fully saturated rings. The van der Waals surface area contributed by atoms with E-state index >= 15 is 0 Å². The largest absolute Gasteiger partial charge is 0.506 e. The van der Waals surface area contributed by atoms with Crippen molar-refractivity contribution in [3.63, 3.8) is 0 Å². The molecule has 0 aliphatic carbocycles. The summed E-state index contributed by atoms with van der Waals surface area (Å²) in [6.07, 6.45) is 1.21. The van der Waals surface area contributed by atoms with Gasteiger partial charge in [-0.25, -0.2) is 0 Å². The summed E-state index contributed by atoms with van der Waals surface area (Å²) in [7, 11) is 0. The Bertz CT molecular complexity index is 682. The highest BCUT2D eigenvalue weighted by Gasteiger charge is 2.21. The van der Waals surface area contributed by atoms with Crippen LogP contribution in [0.5, 0.6) is 5.75 Å². The number of furan rings is 1. The molecule has 0 aliphatic rings. The molecule has 1 unspecified atom stereocenters. The fourth-order valence-corrected chi connectivity index (χ4v) is 2.02. The predicted octanol–water partition coefficient (Wildman–Crippen LogP) is 1.87. The van der Waals surface area contributed by atoms with Crippen LogP contribution in [0.25, 0.3) is 0 Å². The van der Waals surface area contributed by atoms with Gasteiger partial charge < -0.3 is 19.9 Å². The molecule has 2 rings (SSSR count). The molecule has 0 radical (unpaired) electrons. The van der Waals surface area contributed by atoms with Gasteiger partial charge in [-0.1, -0.05) is 6.07 Å². The van der Waals surface area contributed by atoms with Crippen molar-refractivity contribution in [3.8, 4) is 5.75 Å². The molecular weight excluding hydrogens is 300 g/mol. The number of phenols is 1. The summed E-state index contributed by atoms with van der Waals surface area (Å²) >= 11 is 0. The molecule has 0 saturated heterocycles. The number of hydrogen-bond donors (Lipinski definition) is 4. The van der Waals surface area contributed by atoms with E-state index in [1.807, 2.05) is 6.92 Å². The van der Waals surface area contributed by atoms with Crippen molar-refractivity contribution in [2.45, 2.75) is 25.9 Å². The average molecular weight is 318 g/mol. The van der Waals surface area contributed by atoms with E-state index in [0.717, 1.165) is 5.56 Å². The number of amides is 1. The molecule has 1 amide bonds. The Kier molecular flexibility index (Phi) is 5.37. The summed E-state index contributed by atoms with van der Waals surface area (Å²) in [6.45, 7) is 2.02. The number of nitrogens with one attached hydrogen (secondary N) is 2. The summed E-state index contributed by atoms with van der Waals surface area (Å²) in [4.78, 5) is 23.2. The number of aromatic hydroxyl groups is 1. The van der Waals surface area contributed by atoms with Crippen LogP contribution in [0, 0.1) is 6.92 Å². The van der Waals surface area contributed by atoms with Gasteiger partial charge in [-0.2, -0.15) is 0 Å². The topological polar surface area (TPSA) is 112 Å². The number of hydrogen-bond acceptors (Lipinski definition) is 5. The first kappa shape index (κ1) is 16.6. The molecule has 0 bridgehead atoms. The zero-order chi connectivity index (χ0) is 16.8. The Labute approximate surface area is 132 Å². The van der Waals surface area contributed by atoms with Gasteiger partial charge in [-0.05, 0) is 36.8 Å². The number of phenolic OH excluding ortho intramolecular Hbond substituents is 1. The fraction of sp³-hybridized carbons (Fsp3) is 0.250. The van der Waals surface area contributed by atoms with Crippen LogP contribution in [0.1, 0.15) is 17.7 Å². The van der Waals surface area contributed by atoms with E-state index < -0.39 is 17.9 Å². The van der Waals surface area contributed by atoms with Gasteiger partial charge in [0, 0.05) is 0 Å². The molecule has 1 heterocycles. The third kappa shape index (κ3) is 4.86. The maximum absolute atomic E-state index is 12.0. The number of anilines is 1. The summed E-state index contributed by atoms with van der Waals surface area (Å²) in [6, 6.07) is 7.12. The Morgan fingerprint density at radius 2 is 2.09 bits per heavy atom. The van der Waals surface area contributed by atoms with Gasteiger partial charge in [0.05, 0.1) is 24.9 Å². The summed E-state index contributed by atoms with van der Waals surface area (Å²) in [5.41, 5.74) is 1.12. The van der Waals surface area contributed by atoms with Gasteiger partial charge >= 0.3 is 5.97 Å². The minimum absolute atomic E-state index is 0.0700. The minimum Gasteiger partial charge on any atom is -0.506 e. The first-order valence-corrected chi connectivity index (χ1v) is 7.03. The Balaban J connectivity index is 1.94. The molecule has 23 heavy (non-hydrogen) atoms. The molecule has 0 saturated carbocycles. The molecule has 2 aromatic rings. The molecular formula is C16H18N2O5. The first-order valence-electron chi connectivity index (χ1n) is 7.03. The van der Waals surface area contributed by atoms with E-state index in [1.54, 1.807) is 24.3 Å². The molecule has 0 spiro atoms. The molecule has 1 aromatic heterocycles. The van der Waals surface area contributed by atoms with E-state index in [0.29, 0.717) is 5.76 Å². The van der Waals surface area contributed by atoms with E-state index in [1.165, 1.54) is 12.3 Å². The third-order valence-corrected chi connectivity index (χ3v) is 3.22. The van der Waals surface area contributed by atoms with Crippen LogP contribution < -0.4 is 10.6 Å². The van der Waals surface area contributed by atoms with Gasteiger partial charge in [0.1, 0.15) is 17.6 Å². The predicted molar refractivity (Wildman–Crippen MR) is 83.1 cm³/mol. The van der Waals surface area contributed by atoms with E-state index in [9.17, 15) is 19.8 Å². The van der Waals surface area contributed by atoms with Crippen molar-refractivity contribution < 1.29 is 24.2 Å². The van der Waals surface area contributed by atoms with E-state index in [-0.39, 0.29) is 24.4 Å². The Hall–Kier alpha value is -2.80. The maximum atomic E-state index is 12.0. The molecule has 4 N–H and O–H groups in total. The van der Waals surface area contributed by atoms with Gasteiger partial charge in [-0.15, -0.1) is 0 Å². The van der Waals surface area contributed by atoms with E-state index in [4.69, 9.17) is 4.42 Å². The van der Waals surface area contributed by atoms with Crippen molar-refractivity contribution >= 4 is 17.6 Å². The quantitative estimate of drug-likeness (QED) is 0.580. The maximum Gasteiger partial charge on any atom is 0.321 e. The molecule has 7 heteroatoms. The number of rotatable bonds is 7. The zero-order valence-corrected chi connectivity index (χ0v) is 12.6. The van der Waals surface area contributed by atoms with Crippen LogP contribution in [0.4, 0.5) is 5.69 Å². The van der Waals surface area contributed by atoms with Gasteiger partial charge in [0.25, 0.3) is 0 Å². The smallest absolute Gasteiger partial charge is 0.321 e. The first-order chi connectivity index (χ1) is 11.0. The second kappa shape index (κ2) is 7.46. The van der Waals surface area contributed by atoms with Crippen molar-refractivity contribution in [2.75, 3.05) is 5.32 Å². The van der Waals surface area contributed by atoms with Crippen molar-refractivity contribution in [3.05, 3.63) is 47.9 Å². The molecule has 7 nitrogen and oxygen atoms in total. The highest BCUT2D eigenvalue weighted by atomic mass is 16.4. The summed E-state index contributed by atoms with van der Waals surface area (Å²) < 4.78 is 5.10. The van der Waals surface area contributed by atoms with Crippen LogP contribution in [0.15, 0.2) is 41.0 Å². The normalized spacial score (nSPS) is 11.9. The number of benzene rings is 1.